The van der Waals surface area contributed by atoms with Crippen molar-refractivity contribution in [1.82, 2.24) is 4.90 Å². The number of hydrogen-bond donors (Lipinski definition) is 0. The van der Waals surface area contributed by atoms with Gasteiger partial charge in [0, 0.05) is 13.0 Å². The molecule has 34 heavy (non-hydrogen) atoms. The molecular formula is C28H37F2NO3. The summed E-state index contributed by atoms with van der Waals surface area (Å²) in [6.07, 6.45) is 6.96. The highest BCUT2D eigenvalue weighted by Crippen LogP contribution is 2.27. The number of esters is 1. The number of likely N-dealkylation sites (tertiary alicyclic amines) is 1. The average Bonchev–Trinajstić information content (AvgIpc) is 2.84. The molecule has 2 aromatic carbocycles. The molecule has 2 aromatic rings. The van der Waals surface area contributed by atoms with Gasteiger partial charge in [-0.3, -0.25) is 4.79 Å². The third-order valence-electron chi connectivity index (χ3n) is 6.54. The molecule has 0 unspecified atom stereocenters. The Hall–Kier alpha value is -2.31. The first kappa shape index (κ1) is 26.3. The van der Waals surface area contributed by atoms with E-state index in [1.165, 1.54) is 49.9 Å². The second-order valence-electron chi connectivity index (χ2n) is 9.04. The Labute approximate surface area is 202 Å². The molecule has 0 radical (unpaired) electrons. The second-order valence-corrected chi connectivity index (χ2v) is 9.04. The second kappa shape index (κ2) is 14.2. The average molecular weight is 474 g/mol. The molecule has 0 N–H and O–H groups in total. The smallest absolute Gasteiger partial charge is 0.305 e. The van der Waals surface area contributed by atoms with Crippen LogP contribution in [0.3, 0.4) is 0 Å². The SMILES string of the molecule is CCOC(=O)CCCCCC1CCN(CCOC(c2ccc(F)cc2)c2ccc(F)cc2)CC1. The van der Waals surface area contributed by atoms with Gasteiger partial charge in [0.25, 0.3) is 0 Å². The highest BCUT2D eigenvalue weighted by Gasteiger charge is 2.20. The first-order valence-corrected chi connectivity index (χ1v) is 12.6. The number of halogens is 2. The molecule has 0 amide bonds. The molecule has 1 aliphatic rings. The zero-order valence-electron chi connectivity index (χ0n) is 20.2. The van der Waals surface area contributed by atoms with Crippen molar-refractivity contribution in [2.75, 3.05) is 32.8 Å². The summed E-state index contributed by atoms with van der Waals surface area (Å²) in [5, 5.41) is 0. The minimum atomic E-state index is -0.353. The molecule has 0 atom stereocenters. The van der Waals surface area contributed by atoms with E-state index in [0.29, 0.717) is 19.6 Å². The normalized spacial score (nSPS) is 15.1. The Balaban J connectivity index is 1.38. The van der Waals surface area contributed by atoms with E-state index < -0.39 is 0 Å². The lowest BCUT2D eigenvalue weighted by atomic mass is 9.91. The Kier molecular flexibility index (Phi) is 11.0. The van der Waals surface area contributed by atoms with Crippen molar-refractivity contribution in [2.24, 2.45) is 5.92 Å². The van der Waals surface area contributed by atoms with Crippen molar-refractivity contribution in [3.8, 4) is 0 Å². The molecule has 0 bridgehead atoms. The number of rotatable bonds is 13. The number of nitrogens with zero attached hydrogens (tertiary/aromatic N) is 1. The molecular weight excluding hydrogens is 436 g/mol. The molecule has 1 saturated heterocycles. The van der Waals surface area contributed by atoms with E-state index in [9.17, 15) is 13.6 Å². The van der Waals surface area contributed by atoms with Crippen LogP contribution in [0.1, 0.15) is 69.1 Å². The number of unbranched alkanes of at least 4 members (excludes halogenated alkanes) is 2. The van der Waals surface area contributed by atoms with E-state index in [2.05, 4.69) is 4.90 Å². The molecule has 3 rings (SSSR count). The van der Waals surface area contributed by atoms with Crippen LogP contribution >= 0.6 is 0 Å². The fourth-order valence-corrected chi connectivity index (χ4v) is 4.57. The fourth-order valence-electron chi connectivity index (χ4n) is 4.57. The summed E-state index contributed by atoms with van der Waals surface area (Å²) in [5.41, 5.74) is 1.71. The van der Waals surface area contributed by atoms with Crippen molar-refractivity contribution >= 4 is 5.97 Å². The summed E-state index contributed by atoms with van der Waals surface area (Å²) in [7, 11) is 0. The summed E-state index contributed by atoms with van der Waals surface area (Å²) in [6, 6.07) is 12.6. The molecule has 1 aliphatic heterocycles. The van der Waals surface area contributed by atoms with Crippen LogP contribution in [0.4, 0.5) is 8.78 Å². The maximum Gasteiger partial charge on any atom is 0.305 e. The number of piperidine rings is 1. The summed E-state index contributed by atoms with van der Waals surface area (Å²) < 4.78 is 38.0. The summed E-state index contributed by atoms with van der Waals surface area (Å²) in [6.45, 7) is 5.82. The zero-order chi connectivity index (χ0) is 24.2. The molecule has 1 heterocycles. The van der Waals surface area contributed by atoms with Crippen LogP contribution in [-0.4, -0.2) is 43.7 Å². The quantitative estimate of drug-likeness (QED) is 0.253. The predicted molar refractivity (Wildman–Crippen MR) is 129 cm³/mol. The lowest BCUT2D eigenvalue weighted by Crippen LogP contribution is -2.36. The van der Waals surface area contributed by atoms with Crippen LogP contribution in [0, 0.1) is 17.6 Å². The maximum atomic E-state index is 13.4. The van der Waals surface area contributed by atoms with Gasteiger partial charge < -0.3 is 14.4 Å². The first-order valence-electron chi connectivity index (χ1n) is 12.6. The van der Waals surface area contributed by atoms with E-state index in [1.807, 2.05) is 6.92 Å². The van der Waals surface area contributed by atoms with E-state index >= 15 is 0 Å². The van der Waals surface area contributed by atoms with E-state index in [-0.39, 0.29) is 23.7 Å². The van der Waals surface area contributed by atoms with Crippen LogP contribution in [-0.2, 0) is 14.3 Å². The summed E-state index contributed by atoms with van der Waals surface area (Å²) >= 11 is 0. The summed E-state index contributed by atoms with van der Waals surface area (Å²) in [4.78, 5) is 13.8. The largest absolute Gasteiger partial charge is 0.466 e. The van der Waals surface area contributed by atoms with Gasteiger partial charge in [0.1, 0.15) is 17.7 Å². The van der Waals surface area contributed by atoms with Gasteiger partial charge in [-0.1, -0.05) is 43.5 Å². The van der Waals surface area contributed by atoms with Crippen molar-refractivity contribution in [3.05, 3.63) is 71.3 Å². The molecule has 0 spiro atoms. The Morgan fingerprint density at radius 2 is 1.53 bits per heavy atom. The number of hydrogen-bond acceptors (Lipinski definition) is 4. The van der Waals surface area contributed by atoms with Crippen LogP contribution < -0.4 is 0 Å². The molecule has 1 fully saturated rings. The Morgan fingerprint density at radius 1 is 0.941 bits per heavy atom. The maximum absolute atomic E-state index is 13.4. The van der Waals surface area contributed by atoms with Crippen LogP contribution in [0.15, 0.2) is 48.5 Å². The number of benzene rings is 2. The van der Waals surface area contributed by atoms with Crippen molar-refractivity contribution in [3.63, 3.8) is 0 Å². The highest BCUT2D eigenvalue weighted by atomic mass is 19.1. The van der Waals surface area contributed by atoms with Crippen molar-refractivity contribution in [1.29, 1.82) is 0 Å². The van der Waals surface area contributed by atoms with Gasteiger partial charge in [-0.05, 0) is 80.6 Å². The van der Waals surface area contributed by atoms with Gasteiger partial charge >= 0.3 is 5.97 Å². The fraction of sp³-hybridized carbons (Fsp3) is 0.536. The number of carbonyl (C=O) groups is 1. The van der Waals surface area contributed by atoms with Gasteiger partial charge in [0.2, 0.25) is 0 Å². The monoisotopic (exact) mass is 473 g/mol. The number of ether oxygens (including phenoxy) is 2. The van der Waals surface area contributed by atoms with Crippen molar-refractivity contribution < 1.29 is 23.0 Å². The number of carbonyl (C=O) groups excluding carboxylic acids is 1. The van der Waals surface area contributed by atoms with Gasteiger partial charge in [-0.2, -0.15) is 0 Å². The highest BCUT2D eigenvalue weighted by molar-refractivity contribution is 5.69. The third kappa shape index (κ3) is 8.80. The lowest BCUT2D eigenvalue weighted by molar-refractivity contribution is -0.143. The van der Waals surface area contributed by atoms with E-state index in [1.54, 1.807) is 24.3 Å². The van der Waals surface area contributed by atoms with Crippen LogP contribution in [0.5, 0.6) is 0 Å². The Morgan fingerprint density at radius 3 is 2.09 bits per heavy atom. The van der Waals surface area contributed by atoms with Gasteiger partial charge in [0.15, 0.2) is 0 Å². The first-order chi connectivity index (χ1) is 16.5. The molecule has 6 heteroatoms. The minimum absolute atomic E-state index is 0.0841. The van der Waals surface area contributed by atoms with Crippen LogP contribution in [0.2, 0.25) is 0 Å². The van der Waals surface area contributed by atoms with Crippen molar-refractivity contribution in [2.45, 2.75) is 58.0 Å². The molecule has 186 valence electrons. The van der Waals surface area contributed by atoms with E-state index in [0.717, 1.165) is 49.5 Å². The third-order valence-corrected chi connectivity index (χ3v) is 6.54. The van der Waals surface area contributed by atoms with Crippen LogP contribution in [0.25, 0.3) is 0 Å². The lowest BCUT2D eigenvalue weighted by Gasteiger charge is -2.32. The van der Waals surface area contributed by atoms with Gasteiger partial charge in [0.05, 0.1) is 13.2 Å². The molecule has 0 aromatic heterocycles. The zero-order valence-corrected chi connectivity index (χ0v) is 20.2. The topological polar surface area (TPSA) is 38.8 Å². The molecule has 0 aliphatic carbocycles. The predicted octanol–water partition coefficient (Wildman–Crippen LogP) is 6.30. The van der Waals surface area contributed by atoms with Gasteiger partial charge in [-0.25, -0.2) is 8.78 Å². The Bertz CT molecular complexity index is 803. The van der Waals surface area contributed by atoms with E-state index in [4.69, 9.17) is 9.47 Å². The summed E-state index contributed by atoms with van der Waals surface area (Å²) in [5.74, 6) is 0.0945. The van der Waals surface area contributed by atoms with Gasteiger partial charge in [-0.15, -0.1) is 0 Å². The molecule has 4 nitrogen and oxygen atoms in total. The molecule has 0 saturated carbocycles. The minimum Gasteiger partial charge on any atom is -0.466 e. The standard InChI is InChI=1S/C28H37F2NO3/c1-2-33-27(32)7-5-3-4-6-22-16-18-31(19-17-22)20-21-34-28(23-8-12-25(29)13-9-23)24-10-14-26(30)15-11-24/h8-15,22,28H,2-7,16-21H2,1H3.